The molecule has 0 aromatic rings. The minimum absolute atomic E-state index is 0. The van der Waals surface area contributed by atoms with Crippen molar-refractivity contribution < 1.29 is 41.5 Å². The van der Waals surface area contributed by atoms with Crippen LogP contribution in [0.5, 0.6) is 0 Å². The van der Waals surface area contributed by atoms with E-state index in [1.165, 1.54) is 0 Å². The van der Waals surface area contributed by atoms with Crippen LogP contribution >= 0.6 is 0 Å². The summed E-state index contributed by atoms with van der Waals surface area (Å²) in [6.07, 6.45) is 0. The van der Waals surface area contributed by atoms with Crippen LogP contribution in [0.1, 0.15) is 4.28 Å². The second-order valence-corrected chi connectivity index (χ2v) is 0. The van der Waals surface area contributed by atoms with Crippen molar-refractivity contribution in [2.45, 2.75) is 0 Å². The van der Waals surface area contributed by atoms with Crippen molar-refractivity contribution in [3.63, 3.8) is 0 Å². The summed E-state index contributed by atoms with van der Waals surface area (Å²) in [6, 6.07) is 0. The van der Waals surface area contributed by atoms with E-state index in [0.717, 1.165) is 0 Å². The largest absolute Gasteiger partial charge is 3.00 e. The SMILES string of the molecule is [Al+3].[Cl-].[Cl-].[Cl-].[HH].[HH].[HH]. The van der Waals surface area contributed by atoms with Gasteiger partial charge in [-0.15, -0.1) is 0 Å². The van der Waals surface area contributed by atoms with Gasteiger partial charge < -0.3 is 37.2 Å². The van der Waals surface area contributed by atoms with E-state index >= 15 is 0 Å². The van der Waals surface area contributed by atoms with Crippen LogP contribution in [0, 0.1) is 0 Å². The molecular weight excluding hydrogens is 133 g/mol. The zero-order valence-corrected chi connectivity index (χ0v) is 5.13. The first kappa shape index (κ1) is 53.2. The summed E-state index contributed by atoms with van der Waals surface area (Å²) in [7, 11) is 0. The van der Waals surface area contributed by atoms with Crippen LogP contribution in [-0.2, 0) is 0 Å². The zero-order valence-electron chi connectivity index (χ0n) is 1.71. The molecule has 0 amide bonds. The van der Waals surface area contributed by atoms with Gasteiger partial charge in [-0.25, -0.2) is 0 Å². The van der Waals surface area contributed by atoms with Gasteiger partial charge in [-0.05, 0) is 0 Å². The second-order valence-electron chi connectivity index (χ2n) is 0. The number of hydrogen-bond donors (Lipinski definition) is 0. The molecule has 0 aromatic carbocycles. The smallest absolute Gasteiger partial charge is 1.00 e. The monoisotopic (exact) mass is 138 g/mol. The van der Waals surface area contributed by atoms with E-state index in [1.807, 2.05) is 0 Å². The van der Waals surface area contributed by atoms with Gasteiger partial charge in [0.15, 0.2) is 0 Å². The van der Waals surface area contributed by atoms with Crippen LogP contribution in [0.15, 0.2) is 0 Å². The maximum atomic E-state index is 0. The Labute approximate surface area is 59.2 Å². The fourth-order valence-corrected chi connectivity index (χ4v) is 0. The maximum absolute atomic E-state index is 0. The molecule has 0 aliphatic carbocycles. The Balaban J connectivity index is 0. The molecule has 0 saturated carbocycles. The molecule has 0 unspecified atom stereocenters. The summed E-state index contributed by atoms with van der Waals surface area (Å²) in [5.74, 6) is 0. The van der Waals surface area contributed by atoms with Gasteiger partial charge in [0.2, 0.25) is 0 Å². The van der Waals surface area contributed by atoms with Crippen molar-refractivity contribution in [3.8, 4) is 0 Å². The molecule has 0 aliphatic rings. The zero-order chi connectivity index (χ0) is 0. The van der Waals surface area contributed by atoms with E-state index < -0.39 is 0 Å². The molecular formula is H6AlCl3. The van der Waals surface area contributed by atoms with E-state index in [0.29, 0.717) is 0 Å². The Hall–Kier alpha value is 1.40. The molecule has 0 radical (unpaired) electrons. The van der Waals surface area contributed by atoms with Crippen molar-refractivity contribution in [3.05, 3.63) is 0 Å². The minimum atomic E-state index is 0. The summed E-state index contributed by atoms with van der Waals surface area (Å²) in [4.78, 5) is 0. The first-order valence-electron chi connectivity index (χ1n) is 0. The third-order valence-electron chi connectivity index (χ3n) is 0. The van der Waals surface area contributed by atoms with E-state index in [2.05, 4.69) is 0 Å². The van der Waals surface area contributed by atoms with Crippen molar-refractivity contribution in [1.29, 1.82) is 0 Å². The maximum Gasteiger partial charge on any atom is 3.00 e. The van der Waals surface area contributed by atoms with Gasteiger partial charge in [0.25, 0.3) is 0 Å². The molecule has 0 rings (SSSR count). The average molecular weight is 139 g/mol. The summed E-state index contributed by atoms with van der Waals surface area (Å²) >= 11 is 0. The van der Waals surface area contributed by atoms with E-state index in [-0.39, 0.29) is 58.9 Å². The van der Waals surface area contributed by atoms with Crippen molar-refractivity contribution >= 4 is 17.4 Å². The molecule has 0 nitrogen and oxygen atoms in total. The molecule has 0 bridgehead atoms. The predicted octanol–water partition coefficient (Wildman–Crippen LogP) is -8.63. The molecule has 4 heteroatoms. The normalized spacial score (nSPS) is 0. The van der Waals surface area contributed by atoms with Crippen LogP contribution in [-0.4, -0.2) is 17.4 Å². The first-order valence-corrected chi connectivity index (χ1v) is 0. The number of rotatable bonds is 0. The standard InChI is InChI=1S/Al.3ClH.3H2/h;6*1H/q+3;;;;;;/p-3. The van der Waals surface area contributed by atoms with Crippen LogP contribution < -0.4 is 37.2 Å². The molecule has 0 heterocycles. The molecule has 30 valence electrons. The van der Waals surface area contributed by atoms with Gasteiger partial charge in [-0.3, -0.25) is 0 Å². The van der Waals surface area contributed by atoms with Gasteiger partial charge in [0.05, 0.1) is 0 Å². The second kappa shape index (κ2) is 25.9. The van der Waals surface area contributed by atoms with Crippen LogP contribution in [0.3, 0.4) is 0 Å². The summed E-state index contributed by atoms with van der Waals surface area (Å²) in [6.45, 7) is 0. The van der Waals surface area contributed by atoms with Crippen LogP contribution in [0.4, 0.5) is 0 Å². The van der Waals surface area contributed by atoms with Gasteiger partial charge in [0, 0.05) is 4.28 Å². The summed E-state index contributed by atoms with van der Waals surface area (Å²) < 4.78 is 0. The van der Waals surface area contributed by atoms with Gasteiger partial charge in [-0.1, -0.05) is 0 Å². The van der Waals surface area contributed by atoms with Crippen molar-refractivity contribution in [2.24, 2.45) is 0 Å². The molecule has 0 fully saturated rings. The molecule has 0 aliphatic heterocycles. The Morgan fingerprint density at radius 3 is 0.750 bits per heavy atom. The van der Waals surface area contributed by atoms with Gasteiger partial charge >= 0.3 is 17.4 Å². The first-order chi connectivity index (χ1) is 0. The van der Waals surface area contributed by atoms with E-state index in [9.17, 15) is 0 Å². The van der Waals surface area contributed by atoms with E-state index in [4.69, 9.17) is 0 Å². The number of halogens is 3. The average Bonchev–Trinajstić information content (AvgIpc) is 0. The Bertz CT molecular complexity index is 10.1. The van der Waals surface area contributed by atoms with Crippen LogP contribution in [0.25, 0.3) is 0 Å². The molecule has 0 atom stereocenters. The van der Waals surface area contributed by atoms with Crippen LogP contribution in [0.2, 0.25) is 0 Å². The predicted molar refractivity (Wildman–Crippen MR) is 12.1 cm³/mol. The molecule has 0 aromatic heterocycles. The molecule has 0 saturated heterocycles. The van der Waals surface area contributed by atoms with E-state index in [1.54, 1.807) is 0 Å². The Morgan fingerprint density at radius 2 is 0.750 bits per heavy atom. The van der Waals surface area contributed by atoms with Gasteiger partial charge in [-0.2, -0.15) is 0 Å². The third-order valence-corrected chi connectivity index (χ3v) is 0. The molecule has 4 heavy (non-hydrogen) atoms. The summed E-state index contributed by atoms with van der Waals surface area (Å²) in [5.41, 5.74) is 0. The fraction of sp³-hybridized carbons (Fsp3) is 0. The topological polar surface area (TPSA) is 0 Å². The summed E-state index contributed by atoms with van der Waals surface area (Å²) in [5, 5.41) is 0. The van der Waals surface area contributed by atoms with Gasteiger partial charge in [0.1, 0.15) is 0 Å². The molecule has 0 N–H and O–H groups in total. The minimum Gasteiger partial charge on any atom is -1.00 e. The Morgan fingerprint density at radius 1 is 0.750 bits per heavy atom. The molecule has 0 spiro atoms. The van der Waals surface area contributed by atoms with Crippen molar-refractivity contribution in [1.82, 2.24) is 0 Å². The Kier molecular flexibility index (Phi) is 345. The fourth-order valence-electron chi connectivity index (χ4n) is 0. The van der Waals surface area contributed by atoms with Crippen molar-refractivity contribution in [2.75, 3.05) is 0 Å². The quantitative estimate of drug-likeness (QED) is 0.293. The third kappa shape index (κ3) is 9.98. The number of hydrogen-bond acceptors (Lipinski definition) is 0.